The Morgan fingerprint density at radius 3 is 2.38 bits per heavy atom. The van der Waals surface area contributed by atoms with Gasteiger partial charge in [0, 0.05) is 24.5 Å². The van der Waals surface area contributed by atoms with Crippen molar-refractivity contribution < 1.29 is 18.0 Å². The van der Waals surface area contributed by atoms with Crippen LogP contribution in [0.25, 0.3) is 0 Å². The number of hydrogen-bond donors (Lipinski definition) is 4. The quantitative estimate of drug-likeness (QED) is 0.582. The van der Waals surface area contributed by atoms with Crippen molar-refractivity contribution >= 4 is 33.5 Å². The zero-order valence-electron chi connectivity index (χ0n) is 13.3. The molecule has 4 N–H and O–H groups in total. The highest BCUT2D eigenvalue weighted by atomic mass is 32.2. The smallest absolute Gasteiger partial charge is 0.273 e. The molecule has 0 atom stereocenters. The molecule has 0 aliphatic carbocycles. The number of nitrogens with one attached hydrogen (secondary N) is 4. The molecule has 0 fully saturated rings. The van der Waals surface area contributed by atoms with E-state index in [1.165, 1.54) is 42.7 Å². The fraction of sp³-hybridized carbons (Fsp3) is 0.0667. The molecule has 2 aromatic rings. The van der Waals surface area contributed by atoms with Gasteiger partial charge in [-0.2, -0.15) is 0 Å². The highest BCUT2D eigenvalue weighted by Gasteiger charge is 2.17. The van der Waals surface area contributed by atoms with Crippen LogP contribution in [0.3, 0.4) is 0 Å². The van der Waals surface area contributed by atoms with Gasteiger partial charge in [-0.05, 0) is 36.4 Å². The van der Waals surface area contributed by atoms with Crippen LogP contribution in [0, 0.1) is 0 Å². The minimum atomic E-state index is -3.84. The van der Waals surface area contributed by atoms with Crippen molar-refractivity contribution in [3.8, 4) is 0 Å². The summed E-state index contributed by atoms with van der Waals surface area (Å²) in [5.41, 5.74) is 5.41. The molecule has 2 heterocycles. The van der Waals surface area contributed by atoms with E-state index in [4.69, 9.17) is 0 Å². The van der Waals surface area contributed by atoms with Gasteiger partial charge in [-0.3, -0.25) is 20.4 Å². The monoisotopic (exact) mass is 374 g/mol. The Kier molecular flexibility index (Phi) is 4.80. The normalized spacial score (nSPS) is 13.8. The topological polar surface area (TPSA) is 142 Å². The maximum Gasteiger partial charge on any atom is 0.273 e. The molecular formula is C15H14N6O4S. The summed E-state index contributed by atoms with van der Waals surface area (Å²) in [6.07, 6.45) is 4.39. The molecule has 26 heavy (non-hydrogen) atoms. The van der Waals surface area contributed by atoms with Gasteiger partial charge in [-0.15, -0.1) is 0 Å². The number of carbonyl (C=O) groups excluding carboxylic acids is 2. The summed E-state index contributed by atoms with van der Waals surface area (Å²) in [6, 6.07) is 7.13. The van der Waals surface area contributed by atoms with E-state index in [-0.39, 0.29) is 28.9 Å². The van der Waals surface area contributed by atoms with Crippen molar-refractivity contribution in [2.75, 3.05) is 10.0 Å². The van der Waals surface area contributed by atoms with Gasteiger partial charge < -0.3 is 5.32 Å². The average molecular weight is 374 g/mol. The lowest BCUT2D eigenvalue weighted by molar-refractivity contribution is -0.121. The molecule has 134 valence electrons. The zero-order chi connectivity index (χ0) is 18.6. The van der Waals surface area contributed by atoms with Gasteiger partial charge in [0.05, 0.1) is 4.90 Å². The summed E-state index contributed by atoms with van der Waals surface area (Å²) in [5.74, 6) is -0.746. The van der Waals surface area contributed by atoms with Crippen molar-refractivity contribution in [1.29, 1.82) is 0 Å². The first kappa shape index (κ1) is 17.4. The first-order chi connectivity index (χ1) is 12.4. The molecule has 3 rings (SSSR count). The minimum absolute atomic E-state index is 0.00905. The molecule has 0 saturated heterocycles. The van der Waals surface area contributed by atoms with E-state index < -0.39 is 15.9 Å². The Bertz CT molecular complexity index is 957. The first-order valence-electron chi connectivity index (χ1n) is 7.40. The molecular weight excluding hydrogens is 360 g/mol. The predicted octanol–water partition coefficient (Wildman–Crippen LogP) is 0.124. The van der Waals surface area contributed by atoms with Crippen LogP contribution in [0.2, 0.25) is 0 Å². The molecule has 0 spiro atoms. The van der Waals surface area contributed by atoms with E-state index in [1.807, 2.05) is 0 Å². The molecule has 11 heteroatoms. The lowest BCUT2D eigenvalue weighted by Crippen LogP contribution is -2.43. The SMILES string of the molecule is O=C1CC=C(C(=O)Nc2ccc(S(=O)(=O)Nc3ncccn3)cc2)NN1. The van der Waals surface area contributed by atoms with Crippen molar-refractivity contribution in [2.45, 2.75) is 11.3 Å². The van der Waals surface area contributed by atoms with Gasteiger partial charge in [0.15, 0.2) is 0 Å². The van der Waals surface area contributed by atoms with Gasteiger partial charge in [0.2, 0.25) is 11.9 Å². The van der Waals surface area contributed by atoms with Crippen LogP contribution in [0.5, 0.6) is 0 Å². The Morgan fingerprint density at radius 1 is 1.08 bits per heavy atom. The molecule has 1 aromatic heterocycles. The van der Waals surface area contributed by atoms with Crippen molar-refractivity contribution in [1.82, 2.24) is 20.8 Å². The van der Waals surface area contributed by atoms with E-state index in [9.17, 15) is 18.0 Å². The largest absolute Gasteiger partial charge is 0.321 e. The Labute approximate surface area is 148 Å². The van der Waals surface area contributed by atoms with Crippen LogP contribution < -0.4 is 20.9 Å². The second kappa shape index (κ2) is 7.19. The predicted molar refractivity (Wildman–Crippen MR) is 91.9 cm³/mol. The molecule has 0 radical (unpaired) electrons. The number of carbonyl (C=O) groups is 2. The number of benzene rings is 1. The van der Waals surface area contributed by atoms with Gasteiger partial charge >= 0.3 is 0 Å². The second-order valence-electron chi connectivity index (χ2n) is 5.15. The third-order valence-electron chi connectivity index (χ3n) is 3.29. The number of hydrazine groups is 1. The Hall–Kier alpha value is -3.47. The highest BCUT2D eigenvalue weighted by Crippen LogP contribution is 2.17. The maximum atomic E-state index is 12.3. The van der Waals surface area contributed by atoms with Gasteiger partial charge in [-0.1, -0.05) is 0 Å². The van der Waals surface area contributed by atoms with E-state index in [2.05, 4.69) is 30.9 Å². The molecule has 2 amide bonds. The van der Waals surface area contributed by atoms with Crippen LogP contribution in [0.15, 0.2) is 59.4 Å². The molecule has 10 nitrogen and oxygen atoms in total. The standard InChI is InChI=1S/C15H14N6O4S/c22-13-7-6-12(19-20-13)14(23)18-10-2-4-11(5-3-10)26(24,25)21-15-16-8-1-9-17-15/h1-6,8-9,19H,7H2,(H,18,23)(H,20,22)(H,16,17,21). The molecule has 1 aliphatic rings. The molecule has 1 aliphatic heterocycles. The Morgan fingerprint density at radius 2 is 1.77 bits per heavy atom. The fourth-order valence-electron chi connectivity index (χ4n) is 2.03. The number of amides is 2. The molecule has 0 saturated carbocycles. The molecule has 0 unspecified atom stereocenters. The number of hydrogen-bond acceptors (Lipinski definition) is 7. The van der Waals surface area contributed by atoms with Crippen molar-refractivity contribution in [3.63, 3.8) is 0 Å². The average Bonchev–Trinajstić information content (AvgIpc) is 2.63. The van der Waals surface area contributed by atoms with Crippen molar-refractivity contribution in [3.05, 3.63) is 54.5 Å². The molecule has 1 aromatic carbocycles. The summed E-state index contributed by atoms with van der Waals surface area (Å²) < 4.78 is 26.8. The Balaban J connectivity index is 1.68. The van der Waals surface area contributed by atoms with Gasteiger partial charge in [-0.25, -0.2) is 23.1 Å². The number of nitrogens with zero attached hydrogens (tertiary/aromatic N) is 2. The summed E-state index contributed by atoms with van der Waals surface area (Å²) in [7, 11) is -3.84. The van der Waals surface area contributed by atoms with Crippen molar-refractivity contribution in [2.24, 2.45) is 0 Å². The third kappa shape index (κ3) is 4.13. The first-order valence-corrected chi connectivity index (χ1v) is 8.89. The maximum absolute atomic E-state index is 12.3. The number of aromatic nitrogens is 2. The highest BCUT2D eigenvalue weighted by molar-refractivity contribution is 7.92. The van der Waals surface area contributed by atoms with E-state index in [0.717, 1.165) is 0 Å². The zero-order valence-corrected chi connectivity index (χ0v) is 14.1. The van der Waals surface area contributed by atoms with E-state index in [0.29, 0.717) is 5.69 Å². The summed E-state index contributed by atoms with van der Waals surface area (Å²) >= 11 is 0. The van der Waals surface area contributed by atoms with Crippen LogP contribution in [0.1, 0.15) is 6.42 Å². The number of anilines is 2. The van der Waals surface area contributed by atoms with E-state index in [1.54, 1.807) is 6.07 Å². The number of sulfonamides is 1. The summed E-state index contributed by atoms with van der Waals surface area (Å²) in [4.78, 5) is 30.7. The minimum Gasteiger partial charge on any atom is -0.321 e. The van der Waals surface area contributed by atoms with E-state index >= 15 is 0 Å². The molecule has 0 bridgehead atoms. The van der Waals surface area contributed by atoms with Crippen LogP contribution in [-0.2, 0) is 19.6 Å². The van der Waals surface area contributed by atoms with Crippen LogP contribution in [0.4, 0.5) is 11.6 Å². The van der Waals surface area contributed by atoms with Crippen LogP contribution in [-0.4, -0.2) is 30.2 Å². The summed E-state index contributed by atoms with van der Waals surface area (Å²) in [6.45, 7) is 0. The van der Waals surface area contributed by atoms with Gasteiger partial charge in [0.1, 0.15) is 5.70 Å². The second-order valence-corrected chi connectivity index (χ2v) is 6.83. The lowest BCUT2D eigenvalue weighted by atomic mass is 10.2. The fourth-order valence-corrected chi connectivity index (χ4v) is 2.99. The summed E-state index contributed by atoms with van der Waals surface area (Å²) in [5, 5.41) is 2.59. The third-order valence-corrected chi connectivity index (χ3v) is 4.63. The number of rotatable bonds is 5. The van der Waals surface area contributed by atoms with Gasteiger partial charge in [0.25, 0.3) is 15.9 Å². The van der Waals surface area contributed by atoms with Crippen LogP contribution >= 0.6 is 0 Å². The lowest BCUT2D eigenvalue weighted by Gasteiger charge is -2.16.